The highest BCUT2D eigenvalue weighted by molar-refractivity contribution is 8.16. The highest BCUT2D eigenvalue weighted by atomic mass is 32.2. The maximum Gasteiger partial charge on any atom is 0.168 e. The highest BCUT2D eigenvalue weighted by Gasteiger charge is 2.40. The summed E-state index contributed by atoms with van der Waals surface area (Å²) in [6.07, 6.45) is 5.40. The minimum absolute atomic E-state index is 0.611. The minimum atomic E-state index is 0.611. The van der Waals surface area contributed by atoms with Gasteiger partial charge in [-0.15, -0.1) is 0 Å². The van der Waals surface area contributed by atoms with Crippen molar-refractivity contribution in [2.45, 2.75) is 44.7 Å². The third kappa shape index (κ3) is 1.06. The lowest BCUT2D eigenvalue weighted by Gasteiger charge is -2.30. The summed E-state index contributed by atoms with van der Waals surface area (Å²) in [5.41, 5.74) is 1.40. The van der Waals surface area contributed by atoms with Crippen LogP contribution in [0.5, 0.6) is 0 Å². The Kier molecular flexibility index (Phi) is 1.69. The zero-order valence-corrected chi connectivity index (χ0v) is 8.68. The summed E-state index contributed by atoms with van der Waals surface area (Å²) in [5.74, 6) is 0. The average molecular weight is 194 g/mol. The Morgan fingerprint density at radius 1 is 1.46 bits per heavy atom. The smallest absolute Gasteiger partial charge is 0.168 e. The fourth-order valence-corrected chi connectivity index (χ4v) is 3.56. The van der Waals surface area contributed by atoms with E-state index in [2.05, 4.69) is 17.2 Å². The monoisotopic (exact) mass is 194 g/mol. The summed E-state index contributed by atoms with van der Waals surface area (Å²) in [5, 5.41) is 3.48. The fourth-order valence-electron chi connectivity index (χ4n) is 2.58. The molecule has 0 amide bonds. The van der Waals surface area contributed by atoms with Crippen LogP contribution in [0, 0.1) is 0 Å². The van der Waals surface area contributed by atoms with Crippen LogP contribution in [0.1, 0.15) is 32.6 Å². The number of thioether (sulfide) groups is 1. The number of aliphatic imine (C=N–C) groups is 1. The molecule has 3 aliphatic rings. The van der Waals surface area contributed by atoms with Crippen molar-refractivity contribution in [1.82, 2.24) is 4.90 Å². The molecule has 0 spiro atoms. The fraction of sp³-hybridized carbons (Fsp3) is 0.700. The van der Waals surface area contributed by atoms with Crippen LogP contribution in [0.2, 0.25) is 0 Å². The summed E-state index contributed by atoms with van der Waals surface area (Å²) in [6, 6.07) is 1.31. The van der Waals surface area contributed by atoms with Gasteiger partial charge in [-0.1, -0.05) is 24.6 Å². The number of fused-ring (bicyclic) bond motifs is 3. The molecule has 70 valence electrons. The third-order valence-electron chi connectivity index (χ3n) is 3.22. The van der Waals surface area contributed by atoms with E-state index in [0.717, 1.165) is 0 Å². The van der Waals surface area contributed by atoms with Crippen LogP contribution in [-0.2, 0) is 0 Å². The Morgan fingerprint density at radius 3 is 3.23 bits per heavy atom. The Bertz CT molecular complexity index is 295. The van der Waals surface area contributed by atoms with E-state index in [1.807, 2.05) is 0 Å². The maximum absolute atomic E-state index is 4.78. The summed E-state index contributed by atoms with van der Waals surface area (Å²) in [4.78, 5) is 7.23. The molecule has 13 heavy (non-hydrogen) atoms. The van der Waals surface area contributed by atoms with E-state index in [1.165, 1.54) is 36.5 Å². The quantitative estimate of drug-likeness (QED) is 0.589. The van der Waals surface area contributed by atoms with Crippen molar-refractivity contribution in [3.8, 4) is 0 Å². The van der Waals surface area contributed by atoms with E-state index < -0.39 is 0 Å². The van der Waals surface area contributed by atoms with Crippen molar-refractivity contribution in [2.75, 3.05) is 0 Å². The van der Waals surface area contributed by atoms with Crippen LogP contribution in [0.25, 0.3) is 0 Å². The van der Waals surface area contributed by atoms with Crippen LogP contribution >= 0.6 is 11.8 Å². The summed E-state index contributed by atoms with van der Waals surface area (Å²) in [6.45, 7) is 2.20. The van der Waals surface area contributed by atoms with Crippen LogP contribution < -0.4 is 0 Å². The second-order valence-electron chi connectivity index (χ2n) is 4.08. The van der Waals surface area contributed by atoms with Crippen LogP contribution in [0.4, 0.5) is 0 Å². The molecule has 0 N–H and O–H groups in total. The topological polar surface area (TPSA) is 15.6 Å². The first kappa shape index (κ1) is 7.92. The van der Waals surface area contributed by atoms with Gasteiger partial charge in [0.05, 0.1) is 12.1 Å². The predicted octanol–water partition coefficient (Wildman–Crippen LogP) is 2.58. The summed E-state index contributed by atoms with van der Waals surface area (Å²) >= 11 is 1.80. The van der Waals surface area contributed by atoms with E-state index in [1.54, 1.807) is 11.8 Å². The largest absolute Gasteiger partial charge is 0.319 e. The van der Waals surface area contributed by atoms with Crippen molar-refractivity contribution in [3.05, 3.63) is 11.1 Å². The van der Waals surface area contributed by atoms with Gasteiger partial charge < -0.3 is 4.90 Å². The van der Waals surface area contributed by atoms with Gasteiger partial charge in [-0.2, -0.15) is 0 Å². The van der Waals surface area contributed by atoms with Gasteiger partial charge in [0.25, 0.3) is 0 Å². The average Bonchev–Trinajstić information content (AvgIpc) is 2.66. The third-order valence-corrected chi connectivity index (χ3v) is 4.19. The molecule has 0 aromatic heterocycles. The van der Waals surface area contributed by atoms with E-state index in [9.17, 15) is 0 Å². The van der Waals surface area contributed by atoms with E-state index in [-0.39, 0.29) is 0 Å². The normalized spacial score (nSPS) is 36.8. The standard InChI is InChI=1S/C10H14N2S/c1-7-6-13-10-11-8-4-2-3-5-9(8)12(7)10/h6,8-9H,2-5H2,1H3/t8-,9-/m1/s1. The van der Waals surface area contributed by atoms with Gasteiger partial charge in [0, 0.05) is 5.70 Å². The lowest BCUT2D eigenvalue weighted by atomic mass is 9.91. The van der Waals surface area contributed by atoms with Gasteiger partial charge in [-0.25, -0.2) is 0 Å². The zero-order valence-electron chi connectivity index (χ0n) is 7.86. The van der Waals surface area contributed by atoms with Crippen molar-refractivity contribution >= 4 is 16.9 Å². The molecule has 2 aliphatic heterocycles. The number of hydrogen-bond acceptors (Lipinski definition) is 3. The van der Waals surface area contributed by atoms with Crippen molar-refractivity contribution in [2.24, 2.45) is 4.99 Å². The van der Waals surface area contributed by atoms with E-state index in [4.69, 9.17) is 4.99 Å². The molecule has 0 aromatic rings. The number of rotatable bonds is 0. The molecule has 0 unspecified atom stereocenters. The predicted molar refractivity (Wildman–Crippen MR) is 56.7 cm³/mol. The number of hydrogen-bond donors (Lipinski definition) is 0. The molecule has 1 saturated carbocycles. The van der Waals surface area contributed by atoms with Gasteiger partial charge >= 0.3 is 0 Å². The number of nitrogens with zero attached hydrogens (tertiary/aromatic N) is 2. The molecule has 2 nitrogen and oxygen atoms in total. The molecular weight excluding hydrogens is 180 g/mol. The van der Waals surface area contributed by atoms with Gasteiger partial charge in [0.2, 0.25) is 0 Å². The summed E-state index contributed by atoms with van der Waals surface area (Å²) < 4.78 is 0. The first-order valence-corrected chi connectivity index (χ1v) is 5.95. The SMILES string of the molecule is CC1=CSC2=N[C@@H]3CCCC[C@H]3N12. The zero-order chi connectivity index (χ0) is 8.84. The van der Waals surface area contributed by atoms with Crippen molar-refractivity contribution in [3.63, 3.8) is 0 Å². The molecule has 2 atom stereocenters. The molecule has 1 aliphatic carbocycles. The molecule has 0 saturated heterocycles. The molecule has 3 rings (SSSR count). The van der Waals surface area contributed by atoms with Gasteiger partial charge in [0.15, 0.2) is 5.17 Å². The van der Waals surface area contributed by atoms with Crippen LogP contribution in [0.15, 0.2) is 16.1 Å². The minimum Gasteiger partial charge on any atom is -0.319 e. The molecule has 0 radical (unpaired) electrons. The lowest BCUT2D eigenvalue weighted by Crippen LogP contribution is -2.37. The number of amidine groups is 1. The second kappa shape index (κ2) is 2.77. The molecule has 3 heteroatoms. The molecule has 0 aromatic carbocycles. The molecular formula is C10H14N2S. The van der Waals surface area contributed by atoms with Crippen molar-refractivity contribution in [1.29, 1.82) is 0 Å². The highest BCUT2D eigenvalue weighted by Crippen LogP contribution is 2.40. The molecule has 1 fully saturated rings. The molecule has 2 heterocycles. The van der Waals surface area contributed by atoms with Gasteiger partial charge in [-0.05, 0) is 25.2 Å². The van der Waals surface area contributed by atoms with Crippen LogP contribution in [0.3, 0.4) is 0 Å². The Balaban J connectivity index is 1.91. The Hall–Kier alpha value is -0.440. The number of allylic oxidation sites excluding steroid dienone is 1. The lowest BCUT2D eigenvalue weighted by molar-refractivity contribution is 0.284. The first-order valence-electron chi connectivity index (χ1n) is 5.07. The van der Waals surface area contributed by atoms with E-state index in [0.29, 0.717) is 12.1 Å². The Morgan fingerprint density at radius 2 is 2.31 bits per heavy atom. The maximum atomic E-state index is 4.78. The van der Waals surface area contributed by atoms with Gasteiger partial charge in [0.1, 0.15) is 0 Å². The van der Waals surface area contributed by atoms with E-state index >= 15 is 0 Å². The second-order valence-corrected chi connectivity index (χ2v) is 4.91. The summed E-state index contributed by atoms with van der Waals surface area (Å²) in [7, 11) is 0. The Labute approximate surface area is 83.1 Å². The van der Waals surface area contributed by atoms with Crippen molar-refractivity contribution < 1.29 is 0 Å². The van der Waals surface area contributed by atoms with Gasteiger partial charge in [-0.3, -0.25) is 4.99 Å². The van der Waals surface area contributed by atoms with Crippen LogP contribution in [-0.4, -0.2) is 22.2 Å². The first-order chi connectivity index (χ1) is 6.36. The molecule has 0 bridgehead atoms.